The summed E-state index contributed by atoms with van der Waals surface area (Å²) in [4.78, 5) is 8.89. The number of benzene rings is 2. The molecule has 0 aliphatic rings. The first-order chi connectivity index (χ1) is 9.84. The number of para-hydroxylation sites is 3. The lowest BCUT2D eigenvalue weighted by Crippen LogP contribution is -2.01. The second kappa shape index (κ2) is 4.06. The fraction of sp³-hybridized carbons (Fsp3) is 0. The molecule has 4 heteroatoms. The molecule has 96 valence electrons. The number of nitrogen functional groups attached to an aromatic ring is 1. The van der Waals surface area contributed by atoms with Gasteiger partial charge in [0.2, 0.25) is 5.95 Å². The Morgan fingerprint density at radius 2 is 1.75 bits per heavy atom. The summed E-state index contributed by atoms with van der Waals surface area (Å²) in [5, 5.41) is 1.09. The maximum atomic E-state index is 6.10. The van der Waals surface area contributed by atoms with Crippen molar-refractivity contribution in [1.82, 2.24) is 14.5 Å². The summed E-state index contributed by atoms with van der Waals surface area (Å²) in [6.45, 7) is 0. The van der Waals surface area contributed by atoms with E-state index in [-0.39, 0.29) is 0 Å². The lowest BCUT2D eigenvalue weighted by molar-refractivity contribution is 1.11. The van der Waals surface area contributed by atoms with Gasteiger partial charge in [0.1, 0.15) is 0 Å². The van der Waals surface area contributed by atoms with Crippen LogP contribution in [0, 0.1) is 0 Å². The summed E-state index contributed by atoms with van der Waals surface area (Å²) < 4.78 is 1.95. The van der Waals surface area contributed by atoms with E-state index >= 15 is 0 Å². The standard InChI is InChI=1S/C16H12N4/c17-16-19-12-7-1-2-8-13(12)20(16)14-9-3-5-11-6-4-10-18-15(11)14/h1-10H,(H2,17,19). The number of nitrogens with two attached hydrogens (primary N) is 1. The normalized spacial score (nSPS) is 11.2. The van der Waals surface area contributed by atoms with Gasteiger partial charge in [-0.15, -0.1) is 0 Å². The van der Waals surface area contributed by atoms with Crippen LogP contribution in [0.2, 0.25) is 0 Å². The molecule has 4 aromatic rings. The summed E-state index contributed by atoms with van der Waals surface area (Å²) in [5.41, 5.74) is 9.85. The lowest BCUT2D eigenvalue weighted by Gasteiger charge is -2.09. The summed E-state index contributed by atoms with van der Waals surface area (Å²) in [7, 11) is 0. The van der Waals surface area contributed by atoms with Crippen LogP contribution < -0.4 is 5.73 Å². The fourth-order valence-electron chi connectivity index (χ4n) is 2.57. The Labute approximate surface area is 115 Å². The van der Waals surface area contributed by atoms with Crippen LogP contribution >= 0.6 is 0 Å². The molecular formula is C16H12N4. The van der Waals surface area contributed by atoms with Crippen LogP contribution in [0.5, 0.6) is 0 Å². The monoisotopic (exact) mass is 260 g/mol. The van der Waals surface area contributed by atoms with E-state index in [0.717, 1.165) is 27.6 Å². The van der Waals surface area contributed by atoms with Crippen molar-refractivity contribution in [2.45, 2.75) is 0 Å². The van der Waals surface area contributed by atoms with E-state index < -0.39 is 0 Å². The van der Waals surface area contributed by atoms with Gasteiger partial charge in [0, 0.05) is 11.6 Å². The van der Waals surface area contributed by atoms with Gasteiger partial charge in [-0.25, -0.2) is 4.98 Å². The minimum atomic E-state index is 0.476. The van der Waals surface area contributed by atoms with Crippen molar-refractivity contribution in [2.24, 2.45) is 0 Å². The van der Waals surface area contributed by atoms with E-state index in [2.05, 4.69) is 9.97 Å². The first kappa shape index (κ1) is 11.0. The molecule has 0 bridgehead atoms. The van der Waals surface area contributed by atoms with Crippen molar-refractivity contribution in [1.29, 1.82) is 0 Å². The van der Waals surface area contributed by atoms with Gasteiger partial charge >= 0.3 is 0 Å². The van der Waals surface area contributed by atoms with E-state index in [4.69, 9.17) is 5.73 Å². The van der Waals surface area contributed by atoms with Gasteiger partial charge in [0.05, 0.1) is 22.2 Å². The molecule has 0 unspecified atom stereocenters. The van der Waals surface area contributed by atoms with Crippen molar-refractivity contribution < 1.29 is 0 Å². The van der Waals surface area contributed by atoms with E-state index in [0.29, 0.717) is 5.95 Å². The molecule has 0 radical (unpaired) electrons. The Morgan fingerprint density at radius 3 is 2.70 bits per heavy atom. The van der Waals surface area contributed by atoms with Crippen molar-refractivity contribution in [3.8, 4) is 5.69 Å². The molecule has 4 nitrogen and oxygen atoms in total. The molecule has 0 saturated carbocycles. The average Bonchev–Trinajstić information content (AvgIpc) is 2.82. The average molecular weight is 260 g/mol. The molecule has 20 heavy (non-hydrogen) atoms. The minimum absolute atomic E-state index is 0.476. The molecule has 2 heterocycles. The number of anilines is 1. The van der Waals surface area contributed by atoms with Gasteiger partial charge in [-0.05, 0) is 24.3 Å². The van der Waals surface area contributed by atoms with Gasteiger partial charge in [-0.1, -0.05) is 30.3 Å². The van der Waals surface area contributed by atoms with E-state index in [1.807, 2.05) is 59.2 Å². The number of rotatable bonds is 1. The summed E-state index contributed by atoms with van der Waals surface area (Å²) >= 11 is 0. The van der Waals surface area contributed by atoms with Crippen molar-refractivity contribution in [3.63, 3.8) is 0 Å². The zero-order valence-corrected chi connectivity index (χ0v) is 10.7. The highest BCUT2D eigenvalue weighted by molar-refractivity contribution is 5.90. The molecule has 0 aliphatic carbocycles. The van der Waals surface area contributed by atoms with Crippen molar-refractivity contribution in [3.05, 3.63) is 60.8 Å². The van der Waals surface area contributed by atoms with Crippen LogP contribution in [-0.4, -0.2) is 14.5 Å². The summed E-state index contributed by atoms with van der Waals surface area (Å²) in [5.74, 6) is 0.476. The number of fused-ring (bicyclic) bond motifs is 2. The molecule has 4 rings (SSSR count). The quantitative estimate of drug-likeness (QED) is 0.572. The van der Waals surface area contributed by atoms with Crippen LogP contribution in [0.1, 0.15) is 0 Å². The zero-order chi connectivity index (χ0) is 13.5. The Balaban J connectivity index is 2.14. The fourth-order valence-corrected chi connectivity index (χ4v) is 2.57. The topological polar surface area (TPSA) is 56.7 Å². The number of hydrogen-bond donors (Lipinski definition) is 1. The predicted octanol–water partition coefficient (Wildman–Crippen LogP) is 3.16. The molecule has 2 aromatic heterocycles. The smallest absolute Gasteiger partial charge is 0.206 e. The van der Waals surface area contributed by atoms with Gasteiger partial charge in [-0.3, -0.25) is 9.55 Å². The van der Waals surface area contributed by atoms with Gasteiger partial charge in [0.25, 0.3) is 0 Å². The Morgan fingerprint density at radius 1 is 0.900 bits per heavy atom. The van der Waals surface area contributed by atoms with Crippen LogP contribution in [-0.2, 0) is 0 Å². The third-order valence-corrected chi connectivity index (χ3v) is 3.44. The highest BCUT2D eigenvalue weighted by atomic mass is 15.2. The third-order valence-electron chi connectivity index (χ3n) is 3.44. The zero-order valence-electron chi connectivity index (χ0n) is 10.7. The summed E-state index contributed by atoms with van der Waals surface area (Å²) in [6, 6.07) is 18.0. The Kier molecular flexibility index (Phi) is 2.23. The van der Waals surface area contributed by atoms with Crippen LogP contribution in [0.4, 0.5) is 5.95 Å². The second-order valence-electron chi connectivity index (χ2n) is 4.65. The largest absolute Gasteiger partial charge is 0.369 e. The summed E-state index contributed by atoms with van der Waals surface area (Å²) in [6.07, 6.45) is 1.79. The minimum Gasteiger partial charge on any atom is -0.369 e. The van der Waals surface area contributed by atoms with Crippen LogP contribution in [0.15, 0.2) is 60.8 Å². The van der Waals surface area contributed by atoms with E-state index in [1.165, 1.54) is 0 Å². The predicted molar refractivity (Wildman–Crippen MR) is 80.8 cm³/mol. The second-order valence-corrected chi connectivity index (χ2v) is 4.65. The molecule has 0 spiro atoms. The molecule has 2 aromatic carbocycles. The number of aromatic nitrogens is 3. The molecule has 0 aliphatic heterocycles. The number of hydrogen-bond acceptors (Lipinski definition) is 3. The first-order valence-corrected chi connectivity index (χ1v) is 6.42. The van der Waals surface area contributed by atoms with Gasteiger partial charge in [-0.2, -0.15) is 0 Å². The van der Waals surface area contributed by atoms with E-state index in [1.54, 1.807) is 6.20 Å². The number of nitrogens with zero attached hydrogens (tertiary/aromatic N) is 3. The highest BCUT2D eigenvalue weighted by Crippen LogP contribution is 2.27. The molecule has 0 atom stereocenters. The molecular weight excluding hydrogens is 248 g/mol. The highest BCUT2D eigenvalue weighted by Gasteiger charge is 2.12. The van der Waals surface area contributed by atoms with Crippen molar-refractivity contribution in [2.75, 3.05) is 5.73 Å². The molecule has 0 saturated heterocycles. The Hall–Kier alpha value is -2.88. The van der Waals surface area contributed by atoms with Gasteiger partial charge < -0.3 is 5.73 Å². The molecule has 2 N–H and O–H groups in total. The first-order valence-electron chi connectivity index (χ1n) is 6.42. The SMILES string of the molecule is Nc1nc2ccccc2n1-c1cccc2cccnc12. The maximum absolute atomic E-state index is 6.10. The Bertz CT molecular complexity index is 919. The lowest BCUT2D eigenvalue weighted by atomic mass is 10.2. The van der Waals surface area contributed by atoms with Crippen molar-refractivity contribution >= 4 is 27.9 Å². The maximum Gasteiger partial charge on any atom is 0.206 e. The number of imidazole rings is 1. The molecule has 0 amide bonds. The van der Waals surface area contributed by atoms with Gasteiger partial charge in [0.15, 0.2) is 0 Å². The van der Waals surface area contributed by atoms with E-state index in [9.17, 15) is 0 Å². The van der Waals surface area contributed by atoms with Crippen LogP contribution in [0.25, 0.3) is 27.6 Å². The van der Waals surface area contributed by atoms with Crippen LogP contribution in [0.3, 0.4) is 0 Å². The molecule has 0 fully saturated rings. The number of pyridine rings is 1. The third kappa shape index (κ3) is 1.48.